The van der Waals surface area contributed by atoms with Crippen molar-refractivity contribution in [1.82, 2.24) is 9.88 Å². The lowest BCUT2D eigenvalue weighted by Gasteiger charge is -2.12. The summed E-state index contributed by atoms with van der Waals surface area (Å²) in [5, 5.41) is 3.37. The number of ether oxygens (including phenoxy) is 1. The molecule has 1 saturated heterocycles. The lowest BCUT2D eigenvalue weighted by molar-refractivity contribution is 0.399. The van der Waals surface area contributed by atoms with Crippen molar-refractivity contribution in [2.45, 2.75) is 6.42 Å². The highest BCUT2D eigenvalue weighted by atomic mass is 16.5. The van der Waals surface area contributed by atoms with Crippen molar-refractivity contribution in [2.75, 3.05) is 39.1 Å². The first kappa shape index (κ1) is 11.2. The standard InChI is InChI=1S/C12H19N3O/c1-15-6-5-10(9-15)7-13-12-4-3-11(16-2)8-14-12/h3-4,8,10H,5-7,9H2,1-2H3,(H,13,14). The molecule has 0 aromatic carbocycles. The molecule has 0 spiro atoms. The molecule has 1 aromatic rings. The third-order valence-electron chi connectivity index (χ3n) is 3.03. The Morgan fingerprint density at radius 2 is 2.44 bits per heavy atom. The van der Waals surface area contributed by atoms with Gasteiger partial charge in [-0.1, -0.05) is 0 Å². The molecule has 1 atom stereocenters. The molecule has 4 heteroatoms. The summed E-state index contributed by atoms with van der Waals surface area (Å²) >= 11 is 0. The van der Waals surface area contributed by atoms with Gasteiger partial charge in [0.25, 0.3) is 0 Å². The summed E-state index contributed by atoms with van der Waals surface area (Å²) in [6.07, 6.45) is 3.02. The number of nitrogens with one attached hydrogen (secondary N) is 1. The second-order valence-corrected chi connectivity index (χ2v) is 4.38. The Hall–Kier alpha value is -1.29. The minimum atomic E-state index is 0.744. The summed E-state index contributed by atoms with van der Waals surface area (Å²) < 4.78 is 5.06. The van der Waals surface area contributed by atoms with E-state index in [1.807, 2.05) is 12.1 Å². The van der Waals surface area contributed by atoms with Gasteiger partial charge in [0.15, 0.2) is 0 Å². The van der Waals surface area contributed by atoms with Gasteiger partial charge in [-0.2, -0.15) is 0 Å². The van der Waals surface area contributed by atoms with Crippen LogP contribution in [0, 0.1) is 5.92 Å². The number of aromatic nitrogens is 1. The summed E-state index contributed by atoms with van der Waals surface area (Å²) in [7, 11) is 3.82. The van der Waals surface area contributed by atoms with Crippen molar-refractivity contribution in [3.8, 4) is 5.75 Å². The molecule has 0 saturated carbocycles. The van der Waals surface area contributed by atoms with Crippen LogP contribution < -0.4 is 10.1 Å². The number of likely N-dealkylation sites (tertiary alicyclic amines) is 1. The van der Waals surface area contributed by atoms with E-state index >= 15 is 0 Å². The van der Waals surface area contributed by atoms with Crippen molar-refractivity contribution < 1.29 is 4.74 Å². The molecule has 88 valence electrons. The zero-order valence-corrected chi connectivity index (χ0v) is 9.94. The van der Waals surface area contributed by atoms with Crippen molar-refractivity contribution in [3.05, 3.63) is 18.3 Å². The van der Waals surface area contributed by atoms with E-state index in [9.17, 15) is 0 Å². The van der Waals surface area contributed by atoms with Gasteiger partial charge in [-0.15, -0.1) is 0 Å². The van der Waals surface area contributed by atoms with Crippen LogP contribution in [0.5, 0.6) is 5.75 Å². The highest BCUT2D eigenvalue weighted by Crippen LogP contribution is 2.16. The smallest absolute Gasteiger partial charge is 0.137 e. The molecule has 1 N–H and O–H groups in total. The van der Waals surface area contributed by atoms with Crippen LogP contribution in [0.4, 0.5) is 5.82 Å². The topological polar surface area (TPSA) is 37.4 Å². The Balaban J connectivity index is 1.80. The van der Waals surface area contributed by atoms with E-state index in [0.29, 0.717) is 0 Å². The number of rotatable bonds is 4. The molecule has 1 aliphatic heterocycles. The van der Waals surface area contributed by atoms with E-state index in [0.717, 1.165) is 24.0 Å². The summed E-state index contributed by atoms with van der Waals surface area (Å²) in [6.45, 7) is 3.40. The number of nitrogens with zero attached hydrogens (tertiary/aromatic N) is 2. The highest BCUT2D eigenvalue weighted by Gasteiger charge is 2.18. The van der Waals surface area contributed by atoms with E-state index in [-0.39, 0.29) is 0 Å². The first-order valence-electron chi connectivity index (χ1n) is 5.70. The first-order valence-corrected chi connectivity index (χ1v) is 5.70. The minimum Gasteiger partial charge on any atom is -0.495 e. The van der Waals surface area contributed by atoms with Crippen molar-refractivity contribution in [1.29, 1.82) is 0 Å². The van der Waals surface area contributed by atoms with E-state index < -0.39 is 0 Å². The van der Waals surface area contributed by atoms with E-state index in [1.54, 1.807) is 13.3 Å². The molecule has 2 heterocycles. The van der Waals surface area contributed by atoms with Crippen LogP contribution in [0.2, 0.25) is 0 Å². The van der Waals surface area contributed by atoms with Crippen LogP contribution in [-0.2, 0) is 0 Å². The van der Waals surface area contributed by atoms with Crippen LogP contribution in [0.25, 0.3) is 0 Å². The minimum absolute atomic E-state index is 0.744. The van der Waals surface area contributed by atoms with Gasteiger partial charge >= 0.3 is 0 Å². The normalized spacial score (nSPS) is 21.0. The maximum atomic E-state index is 5.06. The molecular formula is C12H19N3O. The lowest BCUT2D eigenvalue weighted by atomic mass is 10.1. The largest absolute Gasteiger partial charge is 0.495 e. The van der Waals surface area contributed by atoms with E-state index in [1.165, 1.54) is 19.5 Å². The van der Waals surface area contributed by atoms with Crippen molar-refractivity contribution in [3.63, 3.8) is 0 Å². The van der Waals surface area contributed by atoms with Gasteiger partial charge in [-0.25, -0.2) is 4.98 Å². The van der Waals surface area contributed by atoms with Gasteiger partial charge in [-0.05, 0) is 38.1 Å². The molecule has 1 unspecified atom stereocenters. The number of methoxy groups -OCH3 is 1. The number of anilines is 1. The van der Waals surface area contributed by atoms with Crippen LogP contribution in [0.1, 0.15) is 6.42 Å². The van der Waals surface area contributed by atoms with Gasteiger partial charge < -0.3 is 15.0 Å². The fraction of sp³-hybridized carbons (Fsp3) is 0.583. The predicted molar refractivity (Wildman–Crippen MR) is 64.9 cm³/mol. The van der Waals surface area contributed by atoms with E-state index in [4.69, 9.17) is 4.74 Å². The molecule has 1 aromatic heterocycles. The molecule has 4 nitrogen and oxygen atoms in total. The third kappa shape index (κ3) is 2.85. The van der Waals surface area contributed by atoms with Gasteiger partial charge in [0.05, 0.1) is 13.3 Å². The first-order chi connectivity index (χ1) is 7.78. The number of pyridine rings is 1. The van der Waals surface area contributed by atoms with E-state index in [2.05, 4.69) is 22.2 Å². The quantitative estimate of drug-likeness (QED) is 0.835. The molecule has 0 bridgehead atoms. The molecule has 0 radical (unpaired) electrons. The maximum absolute atomic E-state index is 5.06. The Morgan fingerprint density at radius 1 is 1.56 bits per heavy atom. The molecular weight excluding hydrogens is 202 g/mol. The SMILES string of the molecule is COc1ccc(NCC2CCN(C)C2)nc1. The molecule has 16 heavy (non-hydrogen) atoms. The van der Waals surface area contributed by atoms with Crippen LogP contribution >= 0.6 is 0 Å². The van der Waals surface area contributed by atoms with Gasteiger partial charge in [0.2, 0.25) is 0 Å². The monoisotopic (exact) mass is 221 g/mol. The second kappa shape index (κ2) is 5.16. The van der Waals surface area contributed by atoms with Gasteiger partial charge in [0.1, 0.15) is 11.6 Å². The average molecular weight is 221 g/mol. The highest BCUT2D eigenvalue weighted by molar-refractivity contribution is 5.37. The maximum Gasteiger partial charge on any atom is 0.137 e. The Kier molecular flexibility index (Phi) is 3.62. The van der Waals surface area contributed by atoms with Crippen LogP contribution in [0.3, 0.4) is 0 Å². The fourth-order valence-electron chi connectivity index (χ4n) is 2.05. The molecule has 0 aliphatic carbocycles. The predicted octanol–water partition coefficient (Wildman–Crippen LogP) is 1.45. The zero-order valence-electron chi connectivity index (χ0n) is 9.94. The Labute approximate surface area is 96.6 Å². The number of hydrogen-bond acceptors (Lipinski definition) is 4. The fourth-order valence-corrected chi connectivity index (χ4v) is 2.05. The average Bonchev–Trinajstić information content (AvgIpc) is 2.73. The molecule has 0 amide bonds. The summed E-state index contributed by atoms with van der Waals surface area (Å²) in [4.78, 5) is 6.65. The summed E-state index contributed by atoms with van der Waals surface area (Å²) in [5.74, 6) is 2.47. The summed E-state index contributed by atoms with van der Waals surface area (Å²) in [6, 6.07) is 3.88. The van der Waals surface area contributed by atoms with Crippen molar-refractivity contribution >= 4 is 5.82 Å². The van der Waals surface area contributed by atoms with Gasteiger partial charge in [0, 0.05) is 13.1 Å². The van der Waals surface area contributed by atoms with Crippen LogP contribution in [0.15, 0.2) is 18.3 Å². The second-order valence-electron chi connectivity index (χ2n) is 4.38. The Morgan fingerprint density at radius 3 is 3.00 bits per heavy atom. The molecule has 1 fully saturated rings. The van der Waals surface area contributed by atoms with Crippen LogP contribution in [-0.4, -0.2) is 43.7 Å². The lowest BCUT2D eigenvalue weighted by Crippen LogP contribution is -2.19. The molecule has 1 aliphatic rings. The van der Waals surface area contributed by atoms with Crippen molar-refractivity contribution in [2.24, 2.45) is 5.92 Å². The zero-order chi connectivity index (χ0) is 11.4. The molecule has 2 rings (SSSR count). The Bertz CT molecular complexity index is 326. The third-order valence-corrected chi connectivity index (χ3v) is 3.03. The van der Waals surface area contributed by atoms with Gasteiger partial charge in [-0.3, -0.25) is 0 Å². The number of hydrogen-bond donors (Lipinski definition) is 1. The summed E-state index contributed by atoms with van der Waals surface area (Å²) in [5.41, 5.74) is 0.